The summed E-state index contributed by atoms with van der Waals surface area (Å²) < 4.78 is 5.02. The molecule has 17 heavy (non-hydrogen) atoms. The molecule has 1 saturated carbocycles. The van der Waals surface area contributed by atoms with E-state index < -0.39 is 5.60 Å². The van der Waals surface area contributed by atoms with E-state index in [-0.39, 0.29) is 5.97 Å². The van der Waals surface area contributed by atoms with Crippen LogP contribution < -0.4 is 0 Å². The highest BCUT2D eigenvalue weighted by Gasteiger charge is 2.55. The number of ether oxygens (including phenoxy) is 1. The smallest absolute Gasteiger partial charge is 0.356 e. The van der Waals surface area contributed by atoms with Crippen LogP contribution in [0.5, 0.6) is 0 Å². The van der Waals surface area contributed by atoms with Crippen molar-refractivity contribution < 1.29 is 14.3 Å². The highest BCUT2D eigenvalue weighted by molar-refractivity contribution is 5.93. The van der Waals surface area contributed by atoms with Crippen molar-refractivity contribution in [3.63, 3.8) is 0 Å². The van der Waals surface area contributed by atoms with Gasteiger partial charge in [0.25, 0.3) is 0 Å². The summed E-state index contributed by atoms with van der Waals surface area (Å²) in [5.41, 5.74) is 1.32. The van der Waals surface area contributed by atoms with E-state index in [1.807, 2.05) is 24.3 Å². The minimum atomic E-state index is -0.737. The van der Waals surface area contributed by atoms with Crippen molar-refractivity contribution in [2.24, 2.45) is 0 Å². The molecule has 3 nitrogen and oxygen atoms in total. The van der Waals surface area contributed by atoms with Gasteiger partial charge in [0, 0.05) is 18.4 Å². The van der Waals surface area contributed by atoms with Crippen LogP contribution in [0, 0.1) is 0 Å². The molecule has 2 aliphatic rings. The summed E-state index contributed by atoms with van der Waals surface area (Å²) in [6, 6.07) is 7.88. The average Bonchev–Trinajstić information content (AvgIpc) is 2.75. The van der Waals surface area contributed by atoms with Gasteiger partial charge in [0.05, 0.1) is 0 Å². The Balaban J connectivity index is 1.90. The number of hydrogen-bond acceptors (Lipinski definition) is 3. The second-order valence-electron chi connectivity index (χ2n) is 5.03. The maximum Gasteiger partial charge on any atom is 0.356 e. The number of cyclic esters (lactones) is 1. The number of Topliss-reactive ketones (excluding diaryl/α,β-unsaturated/α-hetero) is 1. The van der Waals surface area contributed by atoms with Gasteiger partial charge in [-0.25, -0.2) is 4.79 Å². The van der Waals surface area contributed by atoms with Crippen LogP contribution in [-0.2, 0) is 19.9 Å². The summed E-state index contributed by atoms with van der Waals surface area (Å²) in [5.74, 6) is 0.488. The molecule has 0 N–H and O–H groups in total. The predicted octanol–water partition coefficient (Wildman–Crippen LogP) is 2.30. The van der Waals surface area contributed by atoms with E-state index in [0.717, 1.165) is 17.5 Å². The second-order valence-corrected chi connectivity index (χ2v) is 5.03. The monoisotopic (exact) mass is 230 g/mol. The van der Waals surface area contributed by atoms with Gasteiger partial charge < -0.3 is 4.74 Å². The van der Waals surface area contributed by atoms with E-state index in [1.54, 1.807) is 6.92 Å². The van der Waals surface area contributed by atoms with Gasteiger partial charge in [-0.05, 0) is 24.8 Å². The van der Waals surface area contributed by atoms with Gasteiger partial charge in [-0.15, -0.1) is 0 Å². The summed E-state index contributed by atoms with van der Waals surface area (Å²) in [7, 11) is 0. The Morgan fingerprint density at radius 2 is 2.12 bits per heavy atom. The largest absolute Gasteiger partial charge is 0.439 e. The third-order valence-corrected chi connectivity index (χ3v) is 3.80. The lowest BCUT2D eigenvalue weighted by molar-refractivity contribution is -0.118. The Kier molecular flexibility index (Phi) is 2.12. The van der Waals surface area contributed by atoms with Crippen LogP contribution in [0.25, 0.3) is 0 Å². The SMILES string of the molecule is CC1(c2cccc(C3CCC(=O)C3)c2)OC1=O. The van der Waals surface area contributed by atoms with E-state index in [9.17, 15) is 9.59 Å². The number of epoxide rings is 1. The molecule has 0 amide bonds. The minimum absolute atomic E-state index is 0.169. The lowest BCUT2D eigenvalue weighted by Crippen LogP contribution is -2.05. The van der Waals surface area contributed by atoms with Crippen LogP contribution in [0.2, 0.25) is 0 Å². The Hall–Kier alpha value is -1.64. The topological polar surface area (TPSA) is 46.7 Å². The summed E-state index contributed by atoms with van der Waals surface area (Å²) >= 11 is 0. The highest BCUT2D eigenvalue weighted by atomic mass is 16.7. The maximum absolute atomic E-state index is 11.3. The van der Waals surface area contributed by atoms with Gasteiger partial charge in [0.1, 0.15) is 5.78 Å². The summed E-state index contributed by atoms with van der Waals surface area (Å²) in [4.78, 5) is 22.5. The molecule has 0 aromatic heterocycles. The zero-order valence-corrected chi connectivity index (χ0v) is 9.73. The standard InChI is InChI=1S/C14H14O3/c1-14(13(16)17-14)11-4-2-3-9(7-11)10-5-6-12(15)8-10/h2-4,7,10H,5-6,8H2,1H3. The van der Waals surface area contributed by atoms with Crippen molar-refractivity contribution in [1.29, 1.82) is 0 Å². The molecule has 0 spiro atoms. The number of carbonyl (C=O) groups excluding carboxylic acids is 2. The zero-order chi connectivity index (χ0) is 12.0. The van der Waals surface area contributed by atoms with Gasteiger partial charge >= 0.3 is 5.97 Å². The lowest BCUT2D eigenvalue weighted by Gasteiger charge is -2.11. The predicted molar refractivity (Wildman–Crippen MR) is 61.5 cm³/mol. The molecule has 0 radical (unpaired) electrons. The molecule has 3 heteroatoms. The average molecular weight is 230 g/mol. The van der Waals surface area contributed by atoms with Crippen molar-refractivity contribution in [3.8, 4) is 0 Å². The minimum Gasteiger partial charge on any atom is -0.439 e. The first-order chi connectivity index (χ1) is 8.09. The third kappa shape index (κ3) is 1.66. The van der Waals surface area contributed by atoms with Crippen molar-refractivity contribution >= 4 is 11.8 Å². The zero-order valence-electron chi connectivity index (χ0n) is 9.73. The molecule has 1 aromatic rings. The fraction of sp³-hybridized carbons (Fsp3) is 0.429. The number of rotatable bonds is 2. The van der Waals surface area contributed by atoms with Crippen LogP contribution >= 0.6 is 0 Å². The molecule has 1 heterocycles. The van der Waals surface area contributed by atoms with E-state index in [2.05, 4.69) is 0 Å². The Labute approximate surface area is 99.8 Å². The van der Waals surface area contributed by atoms with Gasteiger partial charge in [-0.1, -0.05) is 24.3 Å². The van der Waals surface area contributed by atoms with E-state index >= 15 is 0 Å². The first-order valence-electron chi connectivity index (χ1n) is 5.95. The van der Waals surface area contributed by atoms with Crippen molar-refractivity contribution in [2.45, 2.75) is 37.7 Å². The van der Waals surface area contributed by atoms with E-state index in [0.29, 0.717) is 24.5 Å². The van der Waals surface area contributed by atoms with Crippen LogP contribution in [0.1, 0.15) is 43.2 Å². The molecule has 2 unspecified atom stereocenters. The van der Waals surface area contributed by atoms with E-state index in [1.165, 1.54) is 0 Å². The van der Waals surface area contributed by atoms with Gasteiger partial charge in [0.2, 0.25) is 5.60 Å². The van der Waals surface area contributed by atoms with Crippen LogP contribution in [0.4, 0.5) is 0 Å². The van der Waals surface area contributed by atoms with Crippen molar-refractivity contribution in [2.75, 3.05) is 0 Å². The third-order valence-electron chi connectivity index (χ3n) is 3.80. The number of ketones is 1. The molecule has 3 rings (SSSR count). The fourth-order valence-electron chi connectivity index (χ4n) is 2.52. The molecule has 2 atom stereocenters. The molecule has 1 aromatic carbocycles. The van der Waals surface area contributed by atoms with Gasteiger partial charge in [0.15, 0.2) is 0 Å². The molecule has 1 saturated heterocycles. The summed E-state index contributed by atoms with van der Waals surface area (Å²) in [6.07, 6.45) is 2.24. The first kappa shape index (κ1) is 10.5. The second kappa shape index (κ2) is 3.42. The normalized spacial score (nSPS) is 31.5. The number of carbonyl (C=O) groups is 2. The Bertz CT molecular complexity index is 506. The van der Waals surface area contributed by atoms with Gasteiger partial charge in [-0.3, -0.25) is 4.79 Å². The number of benzene rings is 1. The van der Waals surface area contributed by atoms with Gasteiger partial charge in [-0.2, -0.15) is 0 Å². The van der Waals surface area contributed by atoms with Crippen LogP contribution in [0.15, 0.2) is 24.3 Å². The molecular formula is C14H14O3. The van der Waals surface area contributed by atoms with E-state index in [4.69, 9.17) is 4.74 Å². The molecule has 1 aliphatic heterocycles. The summed E-state index contributed by atoms with van der Waals surface area (Å²) in [5, 5.41) is 0. The molecular weight excluding hydrogens is 216 g/mol. The summed E-state index contributed by atoms with van der Waals surface area (Å²) in [6.45, 7) is 1.79. The fourth-order valence-corrected chi connectivity index (χ4v) is 2.52. The molecule has 1 aliphatic carbocycles. The first-order valence-corrected chi connectivity index (χ1v) is 5.95. The van der Waals surface area contributed by atoms with Crippen molar-refractivity contribution in [3.05, 3.63) is 35.4 Å². The quantitative estimate of drug-likeness (QED) is 0.732. The number of hydrogen-bond donors (Lipinski definition) is 0. The highest BCUT2D eigenvalue weighted by Crippen LogP contribution is 2.41. The molecule has 2 fully saturated rings. The lowest BCUT2D eigenvalue weighted by atomic mass is 9.92. The Morgan fingerprint density at radius 3 is 2.71 bits per heavy atom. The van der Waals surface area contributed by atoms with Crippen LogP contribution in [0.3, 0.4) is 0 Å². The van der Waals surface area contributed by atoms with Crippen molar-refractivity contribution in [1.82, 2.24) is 0 Å². The van der Waals surface area contributed by atoms with Crippen LogP contribution in [-0.4, -0.2) is 11.8 Å². The molecule has 0 bridgehead atoms. The molecule has 88 valence electrons. The maximum atomic E-state index is 11.3. The Morgan fingerprint density at radius 1 is 1.35 bits per heavy atom.